The number of hydrogen-bond donors (Lipinski definition) is 2. The molecule has 1 aromatic carbocycles. The second-order valence-electron chi connectivity index (χ2n) is 7.32. The molecule has 0 bridgehead atoms. The first-order valence-corrected chi connectivity index (χ1v) is 11.2. The third-order valence-corrected chi connectivity index (χ3v) is 4.70. The zero-order valence-electron chi connectivity index (χ0n) is 18.9. The minimum absolute atomic E-state index is 0.0787. The number of phenolic OH excluding ortho intramolecular Hbond substituents is 1. The first-order chi connectivity index (χ1) is 14.5. The number of carbonyl (C=O) groups is 1. The van der Waals surface area contributed by atoms with Gasteiger partial charge in [-0.3, -0.25) is 0 Å². The number of phenols is 1. The molecule has 7 heteroatoms. The molecule has 0 aliphatic carbocycles. The van der Waals surface area contributed by atoms with Gasteiger partial charge in [-0.25, -0.2) is 4.79 Å². The molecule has 0 atom stereocenters. The maximum absolute atomic E-state index is 11.2. The summed E-state index contributed by atoms with van der Waals surface area (Å²) in [4.78, 5) is 11.2. The Balaban J connectivity index is 3.31. The van der Waals surface area contributed by atoms with E-state index in [1.807, 2.05) is 0 Å². The Bertz CT molecular complexity index is 604. The molecule has 30 heavy (non-hydrogen) atoms. The third-order valence-electron chi connectivity index (χ3n) is 4.70. The molecule has 0 aromatic heterocycles. The lowest BCUT2D eigenvalue weighted by atomic mass is 10.1. The van der Waals surface area contributed by atoms with Crippen molar-refractivity contribution in [3.8, 4) is 28.7 Å². The maximum atomic E-state index is 11.2. The van der Waals surface area contributed by atoms with Crippen LogP contribution in [-0.4, -0.2) is 36.2 Å². The molecular weight excluding hydrogens is 388 g/mol. The van der Waals surface area contributed by atoms with Gasteiger partial charge in [-0.1, -0.05) is 59.3 Å². The highest BCUT2D eigenvalue weighted by Gasteiger charge is 2.28. The van der Waals surface area contributed by atoms with E-state index < -0.39 is 6.16 Å². The molecule has 0 fully saturated rings. The Kier molecular flexibility index (Phi) is 12.6. The maximum Gasteiger partial charge on any atom is 0.511 e. The van der Waals surface area contributed by atoms with Gasteiger partial charge < -0.3 is 29.2 Å². The summed E-state index contributed by atoms with van der Waals surface area (Å²) in [5, 5.41) is 19.9. The Morgan fingerprint density at radius 3 is 1.57 bits per heavy atom. The number of carboxylic acid groups (broad SMARTS) is 1. The average Bonchev–Trinajstić information content (AvgIpc) is 2.72. The monoisotopic (exact) mass is 426 g/mol. The van der Waals surface area contributed by atoms with E-state index in [9.17, 15) is 9.90 Å². The fraction of sp³-hybridized carbons (Fsp3) is 0.696. The molecule has 0 aliphatic rings. The van der Waals surface area contributed by atoms with E-state index in [0.717, 1.165) is 57.8 Å². The van der Waals surface area contributed by atoms with Crippen LogP contribution in [0.3, 0.4) is 0 Å². The van der Waals surface area contributed by atoms with Crippen molar-refractivity contribution in [2.24, 2.45) is 0 Å². The summed E-state index contributed by atoms with van der Waals surface area (Å²) < 4.78 is 22.7. The van der Waals surface area contributed by atoms with Crippen molar-refractivity contribution in [3.05, 3.63) is 5.56 Å². The van der Waals surface area contributed by atoms with Gasteiger partial charge in [0.15, 0.2) is 11.5 Å². The van der Waals surface area contributed by atoms with Crippen LogP contribution in [0.1, 0.15) is 84.1 Å². The zero-order valence-corrected chi connectivity index (χ0v) is 18.9. The van der Waals surface area contributed by atoms with Gasteiger partial charge in [0, 0.05) is 5.56 Å². The fourth-order valence-electron chi connectivity index (χ4n) is 2.99. The second-order valence-corrected chi connectivity index (χ2v) is 7.32. The predicted octanol–water partition coefficient (Wildman–Crippen LogP) is 6.46. The molecule has 0 amide bonds. The Labute approximate surface area is 180 Å². The SMILES string of the molecule is CCCCCOc1c(C)c(OC(=O)O)c(O)c(OCCCCC)c1OCCCCC. The Hall–Kier alpha value is -2.31. The quantitative estimate of drug-likeness (QED) is 0.178. The van der Waals surface area contributed by atoms with Crippen LogP contribution in [0.25, 0.3) is 0 Å². The second kappa shape index (κ2) is 14.6. The number of hydrogen-bond acceptors (Lipinski definition) is 6. The van der Waals surface area contributed by atoms with E-state index in [-0.39, 0.29) is 17.2 Å². The van der Waals surface area contributed by atoms with Crippen molar-refractivity contribution < 1.29 is 34.0 Å². The van der Waals surface area contributed by atoms with Gasteiger partial charge in [0.2, 0.25) is 17.2 Å². The van der Waals surface area contributed by atoms with Crippen LogP contribution >= 0.6 is 0 Å². The Morgan fingerprint density at radius 1 is 0.700 bits per heavy atom. The summed E-state index contributed by atoms with van der Waals surface area (Å²) in [5.41, 5.74) is 0.373. The lowest BCUT2D eigenvalue weighted by Crippen LogP contribution is -2.11. The summed E-state index contributed by atoms with van der Waals surface area (Å²) in [5.74, 6) is 0.195. The Morgan fingerprint density at radius 2 is 1.13 bits per heavy atom. The van der Waals surface area contributed by atoms with Gasteiger partial charge >= 0.3 is 6.16 Å². The minimum atomic E-state index is -1.51. The molecule has 0 spiro atoms. The van der Waals surface area contributed by atoms with E-state index >= 15 is 0 Å². The van der Waals surface area contributed by atoms with E-state index in [1.165, 1.54) is 0 Å². The summed E-state index contributed by atoms with van der Waals surface area (Å²) in [6.45, 7) is 9.22. The number of ether oxygens (including phenoxy) is 4. The van der Waals surface area contributed by atoms with Crippen LogP contribution in [0.5, 0.6) is 28.7 Å². The summed E-state index contributed by atoms with van der Waals surface area (Å²) >= 11 is 0. The smallest absolute Gasteiger partial charge is 0.502 e. The minimum Gasteiger partial charge on any atom is -0.502 e. The molecule has 0 unspecified atom stereocenters. The molecule has 0 radical (unpaired) electrons. The van der Waals surface area contributed by atoms with Crippen molar-refractivity contribution in [1.29, 1.82) is 0 Å². The number of unbranched alkanes of at least 4 members (excludes halogenated alkanes) is 6. The molecule has 0 saturated heterocycles. The molecule has 1 aromatic rings. The van der Waals surface area contributed by atoms with Crippen molar-refractivity contribution in [1.82, 2.24) is 0 Å². The van der Waals surface area contributed by atoms with Crippen LogP contribution in [0.15, 0.2) is 0 Å². The van der Waals surface area contributed by atoms with Crippen molar-refractivity contribution in [2.75, 3.05) is 19.8 Å². The lowest BCUT2D eigenvalue weighted by molar-refractivity contribution is 0.141. The van der Waals surface area contributed by atoms with Gasteiger partial charge in [0.1, 0.15) is 0 Å². The molecule has 1 rings (SSSR count). The van der Waals surface area contributed by atoms with Gasteiger partial charge in [-0.2, -0.15) is 0 Å². The zero-order chi connectivity index (χ0) is 22.4. The standard InChI is InChI=1S/C23H38O7/c1-5-8-11-14-27-20-17(4)19(30-23(25)26)18(24)21(28-15-12-9-6-2)22(20)29-16-13-10-7-3/h24H,5-16H2,1-4H3,(H,25,26). The molecule has 7 nitrogen and oxygen atoms in total. The summed E-state index contributed by atoms with van der Waals surface area (Å²) in [6.07, 6.45) is 7.16. The normalized spacial score (nSPS) is 10.7. The van der Waals surface area contributed by atoms with Crippen LogP contribution in [0.4, 0.5) is 4.79 Å². The average molecular weight is 427 g/mol. The van der Waals surface area contributed by atoms with Crippen LogP contribution in [-0.2, 0) is 0 Å². The first-order valence-electron chi connectivity index (χ1n) is 11.2. The number of aromatic hydroxyl groups is 1. The van der Waals surface area contributed by atoms with Gasteiger partial charge in [-0.05, 0) is 26.2 Å². The van der Waals surface area contributed by atoms with E-state index in [1.54, 1.807) is 6.92 Å². The highest BCUT2D eigenvalue weighted by atomic mass is 16.7. The molecule has 0 aliphatic heterocycles. The van der Waals surface area contributed by atoms with Crippen molar-refractivity contribution >= 4 is 6.16 Å². The predicted molar refractivity (Wildman–Crippen MR) is 117 cm³/mol. The molecular formula is C23H38O7. The van der Waals surface area contributed by atoms with Crippen LogP contribution in [0.2, 0.25) is 0 Å². The largest absolute Gasteiger partial charge is 0.511 e. The molecule has 0 heterocycles. The fourth-order valence-corrected chi connectivity index (χ4v) is 2.99. The van der Waals surface area contributed by atoms with Crippen LogP contribution < -0.4 is 18.9 Å². The van der Waals surface area contributed by atoms with Gasteiger partial charge in [-0.15, -0.1) is 0 Å². The van der Waals surface area contributed by atoms with Gasteiger partial charge in [0.25, 0.3) is 0 Å². The first kappa shape index (κ1) is 25.7. The van der Waals surface area contributed by atoms with Gasteiger partial charge in [0.05, 0.1) is 19.8 Å². The lowest BCUT2D eigenvalue weighted by Gasteiger charge is -2.22. The molecule has 172 valence electrons. The topological polar surface area (TPSA) is 94.5 Å². The van der Waals surface area contributed by atoms with Crippen LogP contribution in [0, 0.1) is 6.92 Å². The number of rotatable bonds is 16. The van der Waals surface area contributed by atoms with E-state index in [4.69, 9.17) is 24.1 Å². The van der Waals surface area contributed by atoms with E-state index in [2.05, 4.69) is 20.8 Å². The summed E-state index contributed by atoms with van der Waals surface area (Å²) in [6, 6.07) is 0. The molecule has 2 N–H and O–H groups in total. The highest BCUT2D eigenvalue weighted by molar-refractivity contribution is 5.73. The third kappa shape index (κ3) is 8.20. The highest BCUT2D eigenvalue weighted by Crippen LogP contribution is 2.53. The molecule has 0 saturated carbocycles. The number of benzene rings is 1. The summed E-state index contributed by atoms with van der Waals surface area (Å²) in [7, 11) is 0. The van der Waals surface area contributed by atoms with Crippen molar-refractivity contribution in [3.63, 3.8) is 0 Å². The van der Waals surface area contributed by atoms with Crippen molar-refractivity contribution in [2.45, 2.75) is 85.5 Å². The van der Waals surface area contributed by atoms with E-state index in [0.29, 0.717) is 36.9 Å².